The van der Waals surface area contributed by atoms with Gasteiger partial charge in [-0.3, -0.25) is 4.79 Å². The molecule has 2 fully saturated rings. The second kappa shape index (κ2) is 5.78. The molecule has 1 amide bonds. The maximum atomic E-state index is 12.6. The summed E-state index contributed by atoms with van der Waals surface area (Å²) in [6.07, 6.45) is 2.81. The summed E-state index contributed by atoms with van der Waals surface area (Å²) in [5.41, 5.74) is 1.37. The number of carbonyl (C=O) groups is 1. The van der Waals surface area contributed by atoms with E-state index < -0.39 is 5.60 Å². The van der Waals surface area contributed by atoms with Crippen LogP contribution < -0.4 is 0 Å². The molecule has 1 atom stereocenters. The zero-order valence-corrected chi connectivity index (χ0v) is 12.5. The van der Waals surface area contributed by atoms with E-state index in [-0.39, 0.29) is 12.0 Å². The normalized spacial score (nSPS) is 25.0. The van der Waals surface area contributed by atoms with E-state index in [4.69, 9.17) is 4.74 Å². The fourth-order valence-corrected chi connectivity index (χ4v) is 3.46. The number of amides is 1. The van der Waals surface area contributed by atoms with Crippen molar-refractivity contribution in [1.29, 1.82) is 0 Å². The molecule has 21 heavy (non-hydrogen) atoms. The van der Waals surface area contributed by atoms with Crippen LogP contribution in [0.1, 0.15) is 41.6 Å². The molecule has 4 heteroatoms. The zero-order chi connectivity index (χ0) is 14.9. The first-order chi connectivity index (χ1) is 10.1. The van der Waals surface area contributed by atoms with Gasteiger partial charge in [0.05, 0.1) is 11.7 Å². The number of aliphatic hydroxyl groups excluding tert-OH is 1. The van der Waals surface area contributed by atoms with Crippen molar-refractivity contribution in [2.45, 2.75) is 44.3 Å². The van der Waals surface area contributed by atoms with Crippen molar-refractivity contribution in [2.75, 3.05) is 19.7 Å². The molecule has 0 aliphatic carbocycles. The van der Waals surface area contributed by atoms with Gasteiger partial charge in [0.15, 0.2) is 0 Å². The van der Waals surface area contributed by atoms with Gasteiger partial charge in [0.25, 0.3) is 5.91 Å². The molecule has 114 valence electrons. The third kappa shape index (κ3) is 2.70. The van der Waals surface area contributed by atoms with Crippen molar-refractivity contribution in [3.05, 3.63) is 35.4 Å². The van der Waals surface area contributed by atoms with Gasteiger partial charge in [-0.2, -0.15) is 0 Å². The number of carbonyl (C=O) groups excluding carboxylic acids is 1. The van der Waals surface area contributed by atoms with Crippen LogP contribution in [0, 0.1) is 6.92 Å². The van der Waals surface area contributed by atoms with Gasteiger partial charge in [-0.15, -0.1) is 0 Å². The predicted molar refractivity (Wildman–Crippen MR) is 80.2 cm³/mol. The summed E-state index contributed by atoms with van der Waals surface area (Å²) in [7, 11) is 0. The number of aryl methyl sites for hydroxylation is 1. The number of nitrogens with zero attached hydrogens (tertiary/aromatic N) is 1. The lowest BCUT2D eigenvalue weighted by Gasteiger charge is -2.46. The minimum atomic E-state index is -0.416. The van der Waals surface area contributed by atoms with Crippen molar-refractivity contribution in [1.82, 2.24) is 4.90 Å². The lowest BCUT2D eigenvalue weighted by molar-refractivity contribution is -0.174. The number of ether oxygens (including phenoxy) is 1. The number of hydrogen-bond donors (Lipinski definition) is 1. The van der Waals surface area contributed by atoms with Gasteiger partial charge in [0.2, 0.25) is 0 Å². The molecule has 2 saturated heterocycles. The summed E-state index contributed by atoms with van der Waals surface area (Å²) in [6, 6.07) is 7.70. The molecule has 1 aromatic carbocycles. The average Bonchev–Trinajstić information content (AvgIpc) is 2.51. The first-order valence-electron chi connectivity index (χ1n) is 7.79. The monoisotopic (exact) mass is 289 g/mol. The second-order valence-corrected chi connectivity index (χ2v) is 6.18. The third-order valence-corrected chi connectivity index (χ3v) is 4.89. The standard InChI is InChI=1S/C17H23NO3/c1-13-5-2-3-6-14(13)16(20)18-10-8-17(9-11-18)15(19)7-4-12-21-17/h2-3,5-6,15,19H,4,7-12H2,1H3/t15-/m1/s1. The summed E-state index contributed by atoms with van der Waals surface area (Å²) in [6.45, 7) is 4.00. The Kier molecular flexibility index (Phi) is 4.00. The van der Waals surface area contributed by atoms with E-state index in [1.165, 1.54) is 0 Å². The van der Waals surface area contributed by atoms with Crippen molar-refractivity contribution in [3.63, 3.8) is 0 Å². The lowest BCUT2D eigenvalue weighted by Crippen LogP contribution is -2.56. The predicted octanol–water partition coefficient (Wildman–Crippen LogP) is 2.14. The molecular formula is C17H23NO3. The lowest BCUT2D eigenvalue weighted by atomic mass is 9.82. The molecule has 2 aliphatic heterocycles. The maximum absolute atomic E-state index is 12.6. The SMILES string of the molecule is Cc1ccccc1C(=O)N1CCC2(CC1)OCCC[C@H]2O. The number of piperidine rings is 1. The topological polar surface area (TPSA) is 49.8 Å². The minimum absolute atomic E-state index is 0.0910. The van der Waals surface area contributed by atoms with Gasteiger partial charge >= 0.3 is 0 Å². The smallest absolute Gasteiger partial charge is 0.254 e. The number of aliphatic hydroxyl groups is 1. The molecule has 0 radical (unpaired) electrons. The fourth-order valence-electron chi connectivity index (χ4n) is 3.46. The fraction of sp³-hybridized carbons (Fsp3) is 0.588. The van der Waals surface area contributed by atoms with E-state index >= 15 is 0 Å². The number of likely N-dealkylation sites (tertiary alicyclic amines) is 1. The molecule has 2 aliphatic rings. The van der Waals surface area contributed by atoms with Crippen molar-refractivity contribution in [3.8, 4) is 0 Å². The van der Waals surface area contributed by atoms with Crippen molar-refractivity contribution < 1.29 is 14.6 Å². The summed E-state index contributed by atoms with van der Waals surface area (Å²) in [5, 5.41) is 10.2. The Hall–Kier alpha value is -1.39. The molecular weight excluding hydrogens is 266 g/mol. The molecule has 0 bridgehead atoms. The Morgan fingerprint density at radius 3 is 2.71 bits per heavy atom. The Labute approximate surface area is 125 Å². The van der Waals surface area contributed by atoms with E-state index in [1.807, 2.05) is 36.1 Å². The Balaban J connectivity index is 1.68. The molecule has 3 rings (SSSR count). The van der Waals surface area contributed by atoms with Crippen LogP contribution in [0.2, 0.25) is 0 Å². The van der Waals surface area contributed by atoms with Crippen LogP contribution in [0.4, 0.5) is 0 Å². The van der Waals surface area contributed by atoms with Crippen LogP contribution in [-0.4, -0.2) is 47.3 Å². The first-order valence-corrected chi connectivity index (χ1v) is 7.79. The highest BCUT2D eigenvalue weighted by Crippen LogP contribution is 2.35. The molecule has 1 aromatic rings. The van der Waals surface area contributed by atoms with Crippen LogP contribution in [0.15, 0.2) is 24.3 Å². The molecule has 0 aromatic heterocycles. The van der Waals surface area contributed by atoms with E-state index in [0.717, 1.165) is 43.4 Å². The molecule has 0 saturated carbocycles. The highest BCUT2D eigenvalue weighted by atomic mass is 16.5. The second-order valence-electron chi connectivity index (χ2n) is 6.18. The highest BCUT2D eigenvalue weighted by molar-refractivity contribution is 5.95. The summed E-state index contributed by atoms with van der Waals surface area (Å²) in [5.74, 6) is 0.0910. The van der Waals surface area contributed by atoms with Crippen molar-refractivity contribution >= 4 is 5.91 Å². The Bertz CT molecular complexity index is 521. The van der Waals surface area contributed by atoms with E-state index in [0.29, 0.717) is 13.1 Å². The van der Waals surface area contributed by atoms with Crippen LogP contribution in [0.5, 0.6) is 0 Å². The molecule has 0 unspecified atom stereocenters. The minimum Gasteiger partial charge on any atom is -0.390 e. The maximum Gasteiger partial charge on any atom is 0.254 e. The third-order valence-electron chi connectivity index (χ3n) is 4.89. The number of hydrogen-bond acceptors (Lipinski definition) is 3. The summed E-state index contributed by atoms with van der Waals surface area (Å²) in [4.78, 5) is 14.5. The van der Waals surface area contributed by atoms with Gasteiger partial charge < -0.3 is 14.7 Å². The zero-order valence-electron chi connectivity index (χ0n) is 12.5. The molecule has 2 heterocycles. The van der Waals surface area contributed by atoms with Gasteiger partial charge in [-0.1, -0.05) is 18.2 Å². The van der Waals surface area contributed by atoms with Gasteiger partial charge in [-0.25, -0.2) is 0 Å². The molecule has 1 spiro atoms. The van der Waals surface area contributed by atoms with Crippen LogP contribution in [-0.2, 0) is 4.74 Å². The van der Waals surface area contributed by atoms with Gasteiger partial charge in [0.1, 0.15) is 0 Å². The molecule has 4 nitrogen and oxygen atoms in total. The van der Waals surface area contributed by atoms with Gasteiger partial charge in [0, 0.05) is 25.3 Å². The van der Waals surface area contributed by atoms with Crippen LogP contribution in [0.3, 0.4) is 0 Å². The Morgan fingerprint density at radius 2 is 2.05 bits per heavy atom. The summed E-state index contributed by atoms with van der Waals surface area (Å²) < 4.78 is 5.89. The summed E-state index contributed by atoms with van der Waals surface area (Å²) >= 11 is 0. The van der Waals surface area contributed by atoms with E-state index in [9.17, 15) is 9.90 Å². The quantitative estimate of drug-likeness (QED) is 0.861. The Morgan fingerprint density at radius 1 is 1.33 bits per heavy atom. The van der Waals surface area contributed by atoms with E-state index in [2.05, 4.69) is 0 Å². The van der Waals surface area contributed by atoms with Crippen LogP contribution in [0.25, 0.3) is 0 Å². The largest absolute Gasteiger partial charge is 0.390 e. The first kappa shape index (κ1) is 14.5. The average molecular weight is 289 g/mol. The van der Waals surface area contributed by atoms with Crippen LogP contribution >= 0.6 is 0 Å². The number of benzene rings is 1. The van der Waals surface area contributed by atoms with Crippen molar-refractivity contribution in [2.24, 2.45) is 0 Å². The van der Waals surface area contributed by atoms with Gasteiger partial charge in [-0.05, 0) is 44.2 Å². The highest BCUT2D eigenvalue weighted by Gasteiger charge is 2.44. The van der Waals surface area contributed by atoms with E-state index in [1.54, 1.807) is 0 Å². The number of rotatable bonds is 1. The molecule has 1 N–H and O–H groups in total.